The number of oxazole rings is 1. The number of nitrogens with zero attached hydrogens (tertiary/aromatic N) is 3. The van der Waals surface area contributed by atoms with Crippen molar-refractivity contribution in [3.63, 3.8) is 0 Å². The van der Waals surface area contributed by atoms with E-state index in [4.69, 9.17) is 4.42 Å². The molecular formula is C18H22N4O5. The van der Waals surface area contributed by atoms with Crippen LogP contribution in [0.1, 0.15) is 25.7 Å². The zero-order valence-electron chi connectivity index (χ0n) is 14.9. The Kier molecular flexibility index (Phi) is 4.69. The van der Waals surface area contributed by atoms with Crippen molar-refractivity contribution >= 4 is 22.7 Å². The van der Waals surface area contributed by atoms with Crippen molar-refractivity contribution in [3.8, 4) is 0 Å². The Morgan fingerprint density at radius 1 is 1.33 bits per heavy atom. The molecule has 1 N–H and O–H groups in total. The number of fused-ring (bicyclic) bond motifs is 1. The Morgan fingerprint density at radius 2 is 2.15 bits per heavy atom. The number of benzene rings is 1. The lowest BCUT2D eigenvalue weighted by atomic mass is 9.97. The lowest BCUT2D eigenvalue weighted by molar-refractivity contribution is -0.384. The topological polar surface area (TPSA) is 111 Å². The Morgan fingerprint density at radius 3 is 2.89 bits per heavy atom. The highest BCUT2D eigenvalue weighted by atomic mass is 16.6. The first kappa shape index (κ1) is 17.7. The normalized spacial score (nSPS) is 20.7. The molecule has 1 amide bonds. The number of nitrogens with one attached hydrogen (secondary N) is 1. The zero-order chi connectivity index (χ0) is 19.0. The van der Waals surface area contributed by atoms with Gasteiger partial charge in [-0.3, -0.25) is 24.4 Å². The number of carbonyl (C=O) groups is 1. The third-order valence-electron chi connectivity index (χ3n) is 5.34. The molecule has 2 heterocycles. The van der Waals surface area contributed by atoms with Crippen molar-refractivity contribution in [2.75, 3.05) is 19.6 Å². The molecule has 1 saturated heterocycles. The van der Waals surface area contributed by atoms with Gasteiger partial charge in [-0.05, 0) is 44.2 Å². The minimum Gasteiger partial charge on any atom is -0.408 e. The third kappa shape index (κ3) is 3.87. The predicted molar refractivity (Wildman–Crippen MR) is 97.2 cm³/mol. The molecule has 27 heavy (non-hydrogen) atoms. The highest BCUT2D eigenvalue weighted by Gasteiger charge is 2.28. The number of nitro benzene ring substituents is 1. The monoisotopic (exact) mass is 374 g/mol. The minimum absolute atomic E-state index is 0.0756. The number of hydrogen-bond acceptors (Lipinski definition) is 6. The van der Waals surface area contributed by atoms with Gasteiger partial charge in [0.2, 0.25) is 5.91 Å². The van der Waals surface area contributed by atoms with Gasteiger partial charge in [0.05, 0.1) is 23.0 Å². The second kappa shape index (κ2) is 7.15. The van der Waals surface area contributed by atoms with Gasteiger partial charge < -0.3 is 9.73 Å². The van der Waals surface area contributed by atoms with Crippen LogP contribution in [-0.4, -0.2) is 39.9 Å². The van der Waals surface area contributed by atoms with Gasteiger partial charge in [0.25, 0.3) is 5.69 Å². The molecular weight excluding hydrogens is 352 g/mol. The number of nitro groups is 1. The van der Waals surface area contributed by atoms with Crippen LogP contribution in [0, 0.1) is 22.0 Å². The molecule has 0 radical (unpaired) electrons. The molecule has 4 rings (SSSR count). The van der Waals surface area contributed by atoms with Crippen LogP contribution in [0.4, 0.5) is 5.69 Å². The highest BCUT2D eigenvalue weighted by molar-refractivity contribution is 5.79. The fourth-order valence-electron chi connectivity index (χ4n) is 3.61. The summed E-state index contributed by atoms with van der Waals surface area (Å²) in [7, 11) is 0. The maximum Gasteiger partial charge on any atom is 0.421 e. The van der Waals surface area contributed by atoms with E-state index in [9.17, 15) is 19.7 Å². The molecule has 1 aromatic heterocycles. The molecule has 9 heteroatoms. The number of carbonyl (C=O) groups excluding carboxylic acids is 1. The number of rotatable bonds is 6. The smallest absolute Gasteiger partial charge is 0.408 e. The molecule has 0 bridgehead atoms. The standard InChI is InChI=1S/C18H22N4O5/c23-17(19-9-12-3-4-12)13-2-1-7-20(10-13)11-21-15-8-14(22(25)26)5-6-16(15)27-18(21)24/h5-6,8,12-13H,1-4,7,9-11H2,(H,19,23). The summed E-state index contributed by atoms with van der Waals surface area (Å²) in [6.07, 6.45) is 4.09. The van der Waals surface area contributed by atoms with E-state index >= 15 is 0 Å². The summed E-state index contributed by atoms with van der Waals surface area (Å²) in [5.74, 6) is 0.0680. The van der Waals surface area contributed by atoms with Crippen LogP contribution in [0.2, 0.25) is 0 Å². The van der Waals surface area contributed by atoms with Gasteiger partial charge in [-0.1, -0.05) is 0 Å². The van der Waals surface area contributed by atoms with E-state index < -0.39 is 10.7 Å². The maximum absolute atomic E-state index is 12.4. The van der Waals surface area contributed by atoms with Crippen LogP contribution in [-0.2, 0) is 11.5 Å². The maximum atomic E-state index is 12.4. The number of piperidine rings is 1. The number of likely N-dealkylation sites (tertiary alicyclic amines) is 1. The molecule has 2 aliphatic rings. The van der Waals surface area contributed by atoms with Gasteiger partial charge in [0, 0.05) is 25.2 Å². The van der Waals surface area contributed by atoms with Crippen LogP contribution in [0.15, 0.2) is 27.4 Å². The first-order valence-corrected chi connectivity index (χ1v) is 9.29. The lowest BCUT2D eigenvalue weighted by Crippen LogP contribution is -2.44. The molecule has 1 saturated carbocycles. The third-order valence-corrected chi connectivity index (χ3v) is 5.34. The van der Waals surface area contributed by atoms with Crippen molar-refractivity contribution in [1.29, 1.82) is 0 Å². The Labute approximate surface area is 155 Å². The molecule has 1 aliphatic heterocycles. The fraction of sp³-hybridized carbons (Fsp3) is 0.556. The van der Waals surface area contributed by atoms with Gasteiger partial charge in [0.15, 0.2) is 5.58 Å². The first-order valence-electron chi connectivity index (χ1n) is 9.29. The zero-order valence-corrected chi connectivity index (χ0v) is 14.9. The molecule has 1 aromatic carbocycles. The summed E-state index contributed by atoms with van der Waals surface area (Å²) >= 11 is 0. The summed E-state index contributed by atoms with van der Waals surface area (Å²) < 4.78 is 6.60. The number of hydrogen-bond donors (Lipinski definition) is 1. The number of amides is 1. The summed E-state index contributed by atoms with van der Waals surface area (Å²) in [6.45, 7) is 2.33. The van der Waals surface area contributed by atoms with Crippen molar-refractivity contribution in [2.24, 2.45) is 11.8 Å². The van der Waals surface area contributed by atoms with Crippen LogP contribution >= 0.6 is 0 Å². The molecule has 1 unspecified atom stereocenters. The van der Waals surface area contributed by atoms with Crippen LogP contribution in [0.3, 0.4) is 0 Å². The van der Waals surface area contributed by atoms with Crippen molar-refractivity contribution in [2.45, 2.75) is 32.4 Å². The molecule has 0 spiro atoms. The second-order valence-corrected chi connectivity index (χ2v) is 7.45. The Hall–Kier alpha value is -2.68. The van der Waals surface area contributed by atoms with Gasteiger partial charge in [0.1, 0.15) is 0 Å². The summed E-state index contributed by atoms with van der Waals surface area (Å²) in [6, 6.07) is 4.11. The molecule has 2 fully saturated rings. The molecule has 1 aliphatic carbocycles. The number of non-ortho nitro benzene ring substituents is 1. The van der Waals surface area contributed by atoms with E-state index in [0.29, 0.717) is 23.6 Å². The van der Waals surface area contributed by atoms with E-state index in [0.717, 1.165) is 25.9 Å². The number of aromatic nitrogens is 1. The van der Waals surface area contributed by atoms with Crippen molar-refractivity contribution < 1.29 is 14.1 Å². The van der Waals surface area contributed by atoms with Crippen molar-refractivity contribution in [1.82, 2.24) is 14.8 Å². The van der Waals surface area contributed by atoms with E-state index in [2.05, 4.69) is 5.32 Å². The van der Waals surface area contributed by atoms with Crippen molar-refractivity contribution in [3.05, 3.63) is 38.9 Å². The lowest BCUT2D eigenvalue weighted by Gasteiger charge is -2.31. The highest BCUT2D eigenvalue weighted by Crippen LogP contribution is 2.28. The van der Waals surface area contributed by atoms with Gasteiger partial charge in [-0.25, -0.2) is 4.79 Å². The van der Waals surface area contributed by atoms with Gasteiger partial charge in [-0.15, -0.1) is 0 Å². The fourth-order valence-corrected chi connectivity index (χ4v) is 3.61. The average molecular weight is 374 g/mol. The minimum atomic E-state index is -0.550. The Balaban J connectivity index is 1.48. The molecule has 144 valence electrons. The van der Waals surface area contributed by atoms with Gasteiger partial charge >= 0.3 is 5.76 Å². The van der Waals surface area contributed by atoms with Gasteiger partial charge in [-0.2, -0.15) is 0 Å². The SMILES string of the molecule is O=C(NCC1CC1)C1CCCN(Cn2c(=O)oc3ccc([N+](=O)[O-])cc32)C1. The largest absolute Gasteiger partial charge is 0.421 e. The van der Waals surface area contributed by atoms with Crippen LogP contribution < -0.4 is 11.1 Å². The average Bonchev–Trinajstić information content (AvgIpc) is 3.44. The Bertz CT molecular complexity index is 929. The quantitative estimate of drug-likeness (QED) is 0.609. The summed E-state index contributed by atoms with van der Waals surface area (Å²) in [5.41, 5.74) is 0.629. The predicted octanol–water partition coefficient (Wildman–Crippen LogP) is 1.70. The molecule has 2 aromatic rings. The summed E-state index contributed by atoms with van der Waals surface area (Å²) in [4.78, 5) is 37.1. The van der Waals surface area contributed by atoms with E-state index in [-0.39, 0.29) is 24.2 Å². The first-order chi connectivity index (χ1) is 13.0. The van der Waals surface area contributed by atoms with E-state index in [1.165, 1.54) is 35.6 Å². The molecule has 1 atom stereocenters. The molecule has 9 nitrogen and oxygen atoms in total. The van der Waals surface area contributed by atoms with Crippen LogP contribution in [0.25, 0.3) is 11.1 Å². The van der Waals surface area contributed by atoms with E-state index in [1.54, 1.807) is 0 Å². The van der Waals surface area contributed by atoms with Crippen LogP contribution in [0.5, 0.6) is 0 Å². The summed E-state index contributed by atoms with van der Waals surface area (Å²) in [5, 5.41) is 14.0. The second-order valence-electron chi connectivity index (χ2n) is 7.45. The van der Waals surface area contributed by atoms with E-state index in [1.807, 2.05) is 4.90 Å².